The second-order valence-electron chi connectivity index (χ2n) is 5.34. The summed E-state index contributed by atoms with van der Waals surface area (Å²) in [7, 11) is 0. The van der Waals surface area contributed by atoms with Crippen molar-refractivity contribution < 1.29 is 13.9 Å². The molecule has 2 atom stereocenters. The average molecular weight is 294 g/mol. The van der Waals surface area contributed by atoms with E-state index >= 15 is 0 Å². The minimum absolute atomic E-state index is 0.000501. The molecule has 1 heterocycles. The number of carbonyl (C=O) groups is 1. The van der Waals surface area contributed by atoms with Gasteiger partial charge >= 0.3 is 0 Å². The molecule has 0 aliphatic carbocycles. The van der Waals surface area contributed by atoms with E-state index in [9.17, 15) is 9.18 Å². The SMILES string of the molecule is CC[C@H](NC(C)c1ccc(F)cc1)C(=O)N1CCOCC1. The molecular formula is C16H23FN2O2. The predicted octanol–water partition coefficient (Wildman–Crippen LogP) is 2.11. The number of morpholine rings is 1. The third-order valence-corrected chi connectivity index (χ3v) is 3.85. The number of benzene rings is 1. The highest BCUT2D eigenvalue weighted by Gasteiger charge is 2.25. The van der Waals surface area contributed by atoms with E-state index in [2.05, 4.69) is 5.32 Å². The molecule has 1 amide bonds. The van der Waals surface area contributed by atoms with Crippen molar-refractivity contribution in [2.24, 2.45) is 0 Å². The van der Waals surface area contributed by atoms with E-state index in [4.69, 9.17) is 4.74 Å². The fraction of sp³-hybridized carbons (Fsp3) is 0.562. The van der Waals surface area contributed by atoms with Crippen LogP contribution in [-0.4, -0.2) is 43.2 Å². The summed E-state index contributed by atoms with van der Waals surface area (Å²) in [4.78, 5) is 14.3. The molecular weight excluding hydrogens is 271 g/mol. The normalized spacial score (nSPS) is 18.3. The number of hydrogen-bond donors (Lipinski definition) is 1. The third-order valence-electron chi connectivity index (χ3n) is 3.85. The Kier molecular flexibility index (Phi) is 5.70. The van der Waals surface area contributed by atoms with Crippen LogP contribution in [0.5, 0.6) is 0 Å². The first-order chi connectivity index (χ1) is 10.1. The van der Waals surface area contributed by atoms with Gasteiger partial charge in [-0.3, -0.25) is 10.1 Å². The fourth-order valence-corrected chi connectivity index (χ4v) is 2.52. The molecule has 1 aliphatic heterocycles. The summed E-state index contributed by atoms with van der Waals surface area (Å²) in [6.07, 6.45) is 0.724. The standard InChI is InChI=1S/C16H23FN2O2/c1-3-15(16(20)19-8-10-21-11-9-19)18-12(2)13-4-6-14(17)7-5-13/h4-7,12,15,18H,3,8-11H2,1-2H3/t12?,15-/m0/s1. The van der Waals surface area contributed by atoms with Gasteiger partial charge in [0.25, 0.3) is 0 Å². The lowest BCUT2D eigenvalue weighted by Crippen LogP contribution is -2.50. The summed E-state index contributed by atoms with van der Waals surface area (Å²) in [5.74, 6) is -0.128. The molecule has 1 saturated heterocycles. The molecule has 0 spiro atoms. The number of ether oxygens (including phenoxy) is 1. The van der Waals surface area contributed by atoms with Crippen LogP contribution in [0.25, 0.3) is 0 Å². The molecule has 1 N–H and O–H groups in total. The van der Waals surface area contributed by atoms with Crippen molar-refractivity contribution in [1.82, 2.24) is 10.2 Å². The zero-order valence-corrected chi connectivity index (χ0v) is 12.6. The van der Waals surface area contributed by atoms with E-state index in [1.54, 1.807) is 12.1 Å². The van der Waals surface area contributed by atoms with Crippen LogP contribution >= 0.6 is 0 Å². The molecule has 1 fully saturated rings. The van der Waals surface area contributed by atoms with Crippen molar-refractivity contribution in [2.45, 2.75) is 32.4 Å². The van der Waals surface area contributed by atoms with Gasteiger partial charge < -0.3 is 9.64 Å². The Morgan fingerprint density at radius 3 is 2.52 bits per heavy atom. The van der Waals surface area contributed by atoms with Crippen LogP contribution in [0, 0.1) is 5.82 Å². The van der Waals surface area contributed by atoms with Crippen LogP contribution in [0.2, 0.25) is 0 Å². The van der Waals surface area contributed by atoms with Gasteiger partial charge in [-0.1, -0.05) is 19.1 Å². The lowest BCUT2D eigenvalue weighted by atomic mass is 10.1. The zero-order valence-electron chi connectivity index (χ0n) is 12.6. The van der Waals surface area contributed by atoms with E-state index in [-0.39, 0.29) is 23.8 Å². The summed E-state index contributed by atoms with van der Waals surface area (Å²) in [5.41, 5.74) is 0.977. The Hall–Kier alpha value is -1.46. The van der Waals surface area contributed by atoms with Gasteiger partial charge in [0.2, 0.25) is 5.91 Å². The summed E-state index contributed by atoms with van der Waals surface area (Å²) in [5, 5.41) is 3.34. The van der Waals surface area contributed by atoms with Crippen LogP contribution in [0.3, 0.4) is 0 Å². The molecule has 1 aromatic carbocycles. The first kappa shape index (κ1) is 15.9. The average Bonchev–Trinajstić information content (AvgIpc) is 2.53. The van der Waals surface area contributed by atoms with Crippen molar-refractivity contribution in [3.8, 4) is 0 Å². The highest BCUT2D eigenvalue weighted by molar-refractivity contribution is 5.82. The quantitative estimate of drug-likeness (QED) is 0.904. The molecule has 1 unspecified atom stereocenters. The summed E-state index contributed by atoms with van der Waals surface area (Å²) >= 11 is 0. The predicted molar refractivity (Wildman–Crippen MR) is 79.4 cm³/mol. The van der Waals surface area contributed by atoms with E-state index < -0.39 is 0 Å². The van der Waals surface area contributed by atoms with E-state index in [1.807, 2.05) is 18.7 Å². The molecule has 4 nitrogen and oxygen atoms in total. The van der Waals surface area contributed by atoms with Crippen LogP contribution in [0.4, 0.5) is 4.39 Å². The topological polar surface area (TPSA) is 41.6 Å². The summed E-state index contributed by atoms with van der Waals surface area (Å²) in [6.45, 7) is 6.51. The molecule has 0 aromatic heterocycles. The van der Waals surface area contributed by atoms with E-state index in [0.29, 0.717) is 26.3 Å². The van der Waals surface area contributed by atoms with Crippen molar-refractivity contribution in [3.05, 3.63) is 35.6 Å². The highest BCUT2D eigenvalue weighted by Crippen LogP contribution is 2.15. The number of carbonyl (C=O) groups excluding carboxylic acids is 1. The Bertz CT molecular complexity index is 458. The molecule has 1 aliphatic rings. The molecule has 5 heteroatoms. The Labute approximate surface area is 125 Å². The number of nitrogens with zero attached hydrogens (tertiary/aromatic N) is 1. The zero-order chi connectivity index (χ0) is 15.2. The van der Waals surface area contributed by atoms with Gasteiger partial charge in [-0.05, 0) is 31.0 Å². The molecule has 21 heavy (non-hydrogen) atoms. The Morgan fingerprint density at radius 2 is 1.95 bits per heavy atom. The van der Waals surface area contributed by atoms with Crippen molar-refractivity contribution in [1.29, 1.82) is 0 Å². The summed E-state index contributed by atoms with van der Waals surface area (Å²) in [6, 6.07) is 6.16. The maximum absolute atomic E-state index is 13.0. The van der Waals surface area contributed by atoms with Crippen LogP contribution in [0.1, 0.15) is 31.9 Å². The Balaban J connectivity index is 1.97. The van der Waals surface area contributed by atoms with Crippen LogP contribution in [-0.2, 0) is 9.53 Å². The smallest absolute Gasteiger partial charge is 0.239 e. The maximum Gasteiger partial charge on any atom is 0.239 e. The number of hydrogen-bond acceptors (Lipinski definition) is 3. The number of amides is 1. The van der Waals surface area contributed by atoms with Gasteiger partial charge in [0.1, 0.15) is 5.82 Å². The minimum atomic E-state index is -0.248. The lowest BCUT2D eigenvalue weighted by molar-refractivity contribution is -0.137. The molecule has 1 aromatic rings. The van der Waals surface area contributed by atoms with Gasteiger partial charge in [-0.25, -0.2) is 4.39 Å². The summed E-state index contributed by atoms with van der Waals surface area (Å²) < 4.78 is 18.2. The molecule has 0 saturated carbocycles. The van der Waals surface area contributed by atoms with Gasteiger partial charge in [0, 0.05) is 19.1 Å². The van der Waals surface area contributed by atoms with Crippen molar-refractivity contribution >= 4 is 5.91 Å². The maximum atomic E-state index is 13.0. The number of halogens is 1. The van der Waals surface area contributed by atoms with Gasteiger partial charge in [0.05, 0.1) is 19.3 Å². The first-order valence-electron chi connectivity index (χ1n) is 7.50. The van der Waals surface area contributed by atoms with E-state index in [1.165, 1.54) is 12.1 Å². The number of nitrogens with one attached hydrogen (secondary N) is 1. The lowest BCUT2D eigenvalue weighted by Gasteiger charge is -2.31. The molecule has 116 valence electrons. The second-order valence-corrected chi connectivity index (χ2v) is 5.34. The minimum Gasteiger partial charge on any atom is -0.378 e. The molecule has 0 bridgehead atoms. The first-order valence-corrected chi connectivity index (χ1v) is 7.50. The van der Waals surface area contributed by atoms with E-state index in [0.717, 1.165) is 12.0 Å². The Morgan fingerprint density at radius 1 is 1.33 bits per heavy atom. The van der Waals surface area contributed by atoms with Crippen molar-refractivity contribution in [3.63, 3.8) is 0 Å². The second kappa shape index (κ2) is 7.52. The fourth-order valence-electron chi connectivity index (χ4n) is 2.52. The monoisotopic (exact) mass is 294 g/mol. The van der Waals surface area contributed by atoms with Gasteiger partial charge in [-0.2, -0.15) is 0 Å². The third kappa shape index (κ3) is 4.25. The van der Waals surface area contributed by atoms with Crippen LogP contribution < -0.4 is 5.32 Å². The van der Waals surface area contributed by atoms with Gasteiger partial charge in [0.15, 0.2) is 0 Å². The van der Waals surface area contributed by atoms with Gasteiger partial charge in [-0.15, -0.1) is 0 Å². The molecule has 2 rings (SSSR count). The molecule has 0 radical (unpaired) electrons. The number of rotatable bonds is 5. The largest absolute Gasteiger partial charge is 0.378 e. The van der Waals surface area contributed by atoms with Crippen LogP contribution in [0.15, 0.2) is 24.3 Å². The highest BCUT2D eigenvalue weighted by atomic mass is 19.1. The van der Waals surface area contributed by atoms with Crippen molar-refractivity contribution in [2.75, 3.05) is 26.3 Å².